The molecule has 1 saturated heterocycles. The zero-order valence-corrected chi connectivity index (χ0v) is 16.7. The van der Waals surface area contributed by atoms with Crippen LogP contribution in [0.15, 0.2) is 55.1 Å². The van der Waals surface area contributed by atoms with Crippen LogP contribution in [-0.2, 0) is 9.59 Å². The maximum Gasteiger partial charge on any atom is 0.229 e. The Labute approximate surface area is 174 Å². The van der Waals surface area contributed by atoms with Gasteiger partial charge in [-0.15, -0.1) is 10.2 Å². The van der Waals surface area contributed by atoms with Crippen LogP contribution < -0.4 is 15.5 Å². The zero-order chi connectivity index (χ0) is 20.9. The highest BCUT2D eigenvalue weighted by Gasteiger charge is 2.27. The smallest absolute Gasteiger partial charge is 0.229 e. The van der Waals surface area contributed by atoms with E-state index in [0.717, 1.165) is 25.2 Å². The van der Waals surface area contributed by atoms with Gasteiger partial charge < -0.3 is 15.5 Å². The Kier molecular flexibility index (Phi) is 5.69. The molecule has 3 aromatic rings. The van der Waals surface area contributed by atoms with Gasteiger partial charge in [-0.05, 0) is 43.2 Å². The van der Waals surface area contributed by atoms with Crippen LogP contribution in [0.4, 0.5) is 17.2 Å². The number of carbonyl (C=O) groups is 2. The van der Waals surface area contributed by atoms with Crippen LogP contribution in [0, 0.1) is 5.92 Å². The topological polar surface area (TPSA) is 105 Å². The molecule has 9 nitrogen and oxygen atoms in total. The van der Waals surface area contributed by atoms with E-state index in [4.69, 9.17) is 0 Å². The van der Waals surface area contributed by atoms with Crippen LogP contribution in [0.1, 0.15) is 19.8 Å². The minimum atomic E-state index is -0.154. The van der Waals surface area contributed by atoms with Crippen LogP contribution >= 0.6 is 0 Å². The molecule has 1 fully saturated rings. The minimum absolute atomic E-state index is 0.0392. The number of benzene rings is 1. The molecular formula is C21H23N7O2. The average Bonchev–Trinajstić information content (AvgIpc) is 3.29. The summed E-state index contributed by atoms with van der Waals surface area (Å²) in [5.41, 5.74) is 1.31. The summed E-state index contributed by atoms with van der Waals surface area (Å²) in [5, 5.41) is 14.3. The number of hydrogen-bond donors (Lipinski definition) is 2. The molecule has 1 unspecified atom stereocenters. The van der Waals surface area contributed by atoms with Crippen molar-refractivity contribution >= 4 is 29.0 Å². The highest BCUT2D eigenvalue weighted by Crippen LogP contribution is 2.24. The van der Waals surface area contributed by atoms with Gasteiger partial charge in [0.25, 0.3) is 0 Å². The van der Waals surface area contributed by atoms with Gasteiger partial charge in [-0.2, -0.15) is 0 Å². The molecule has 0 saturated carbocycles. The molecule has 4 rings (SSSR count). The number of piperidine rings is 1. The molecule has 2 N–H and O–H groups in total. The van der Waals surface area contributed by atoms with Gasteiger partial charge in [-0.25, -0.2) is 4.98 Å². The summed E-state index contributed by atoms with van der Waals surface area (Å²) in [5.74, 6) is 1.10. The zero-order valence-electron chi connectivity index (χ0n) is 16.7. The fourth-order valence-corrected chi connectivity index (χ4v) is 3.54. The molecule has 0 radical (unpaired) electrons. The molecule has 1 aliphatic heterocycles. The van der Waals surface area contributed by atoms with E-state index < -0.39 is 0 Å². The van der Waals surface area contributed by atoms with E-state index in [1.807, 2.05) is 24.4 Å². The van der Waals surface area contributed by atoms with E-state index in [-0.39, 0.29) is 17.7 Å². The second kappa shape index (κ2) is 8.73. The number of nitrogens with one attached hydrogen (secondary N) is 2. The van der Waals surface area contributed by atoms with E-state index in [0.29, 0.717) is 23.7 Å². The predicted octanol–water partition coefficient (Wildman–Crippen LogP) is 2.48. The lowest BCUT2D eigenvalue weighted by atomic mass is 9.97. The molecular weight excluding hydrogens is 382 g/mol. The summed E-state index contributed by atoms with van der Waals surface area (Å²) in [6, 6.07) is 10.9. The summed E-state index contributed by atoms with van der Waals surface area (Å²) in [6.45, 7) is 2.87. The second-order valence-electron chi connectivity index (χ2n) is 7.26. The first-order valence-corrected chi connectivity index (χ1v) is 9.84. The first kappa shape index (κ1) is 19.6. The molecule has 0 aliphatic carbocycles. The van der Waals surface area contributed by atoms with Crippen molar-refractivity contribution in [1.29, 1.82) is 0 Å². The fraction of sp³-hybridized carbons (Fsp3) is 0.286. The van der Waals surface area contributed by atoms with Crippen molar-refractivity contribution in [3.05, 3.63) is 55.1 Å². The van der Waals surface area contributed by atoms with Crippen LogP contribution in [-0.4, -0.2) is 44.7 Å². The molecule has 3 heterocycles. The van der Waals surface area contributed by atoms with Gasteiger partial charge in [0.05, 0.1) is 5.92 Å². The molecule has 154 valence electrons. The van der Waals surface area contributed by atoms with Gasteiger partial charge >= 0.3 is 0 Å². The lowest BCUT2D eigenvalue weighted by Crippen LogP contribution is -2.41. The molecule has 0 spiro atoms. The van der Waals surface area contributed by atoms with Crippen molar-refractivity contribution in [2.24, 2.45) is 5.92 Å². The van der Waals surface area contributed by atoms with E-state index in [9.17, 15) is 9.59 Å². The minimum Gasteiger partial charge on any atom is -0.354 e. The van der Waals surface area contributed by atoms with Crippen LogP contribution in [0.5, 0.6) is 0 Å². The molecule has 9 heteroatoms. The van der Waals surface area contributed by atoms with E-state index in [2.05, 4.69) is 30.7 Å². The van der Waals surface area contributed by atoms with Crippen LogP contribution in [0.2, 0.25) is 0 Å². The second-order valence-corrected chi connectivity index (χ2v) is 7.26. The largest absolute Gasteiger partial charge is 0.354 e. The molecule has 1 aliphatic rings. The first-order chi connectivity index (χ1) is 14.6. The molecule has 30 heavy (non-hydrogen) atoms. The van der Waals surface area contributed by atoms with Gasteiger partial charge in [0, 0.05) is 43.8 Å². The summed E-state index contributed by atoms with van der Waals surface area (Å²) in [6.07, 6.45) is 6.89. The molecule has 2 amide bonds. The van der Waals surface area contributed by atoms with Crippen molar-refractivity contribution in [1.82, 2.24) is 19.7 Å². The predicted molar refractivity (Wildman–Crippen MR) is 113 cm³/mol. The SMILES string of the molecule is CC(=O)Nc1cccc(NC(=O)C2CCCN(c3ccc(-n4ccnc4)nn3)C2)c1. The Hall–Kier alpha value is -3.75. The monoisotopic (exact) mass is 405 g/mol. The van der Waals surface area contributed by atoms with Gasteiger partial charge in [0.15, 0.2) is 11.6 Å². The van der Waals surface area contributed by atoms with Crippen LogP contribution in [0.3, 0.4) is 0 Å². The quantitative estimate of drug-likeness (QED) is 0.676. The van der Waals surface area contributed by atoms with Crippen molar-refractivity contribution in [2.75, 3.05) is 28.6 Å². The Balaban J connectivity index is 1.40. The van der Waals surface area contributed by atoms with Gasteiger partial charge in [0.1, 0.15) is 6.33 Å². The number of rotatable bonds is 5. The Morgan fingerprint density at radius 1 is 1.07 bits per heavy atom. The van der Waals surface area contributed by atoms with E-state index in [1.54, 1.807) is 35.3 Å². The number of nitrogens with zero attached hydrogens (tertiary/aromatic N) is 5. The lowest BCUT2D eigenvalue weighted by Gasteiger charge is -2.32. The molecule has 0 bridgehead atoms. The highest BCUT2D eigenvalue weighted by molar-refractivity contribution is 5.94. The van der Waals surface area contributed by atoms with Crippen molar-refractivity contribution in [2.45, 2.75) is 19.8 Å². The highest BCUT2D eigenvalue weighted by atomic mass is 16.2. The first-order valence-electron chi connectivity index (χ1n) is 9.84. The Bertz CT molecular complexity index is 1020. The summed E-state index contributed by atoms with van der Waals surface area (Å²) in [7, 11) is 0. The third-order valence-electron chi connectivity index (χ3n) is 4.97. The average molecular weight is 405 g/mol. The third kappa shape index (κ3) is 4.62. The number of aromatic nitrogens is 4. The summed E-state index contributed by atoms with van der Waals surface area (Å²) >= 11 is 0. The number of hydrogen-bond acceptors (Lipinski definition) is 6. The van der Waals surface area contributed by atoms with Crippen LogP contribution in [0.25, 0.3) is 5.82 Å². The van der Waals surface area contributed by atoms with Crippen molar-refractivity contribution in [3.63, 3.8) is 0 Å². The number of imidazole rings is 1. The Morgan fingerprint density at radius 2 is 1.83 bits per heavy atom. The van der Waals surface area contributed by atoms with Gasteiger partial charge in [-0.3, -0.25) is 14.2 Å². The third-order valence-corrected chi connectivity index (χ3v) is 4.97. The van der Waals surface area contributed by atoms with Crippen molar-refractivity contribution < 1.29 is 9.59 Å². The lowest BCUT2D eigenvalue weighted by molar-refractivity contribution is -0.120. The van der Waals surface area contributed by atoms with Crippen molar-refractivity contribution in [3.8, 4) is 5.82 Å². The maximum atomic E-state index is 12.8. The molecule has 1 atom stereocenters. The van der Waals surface area contributed by atoms with E-state index in [1.165, 1.54) is 6.92 Å². The summed E-state index contributed by atoms with van der Waals surface area (Å²) in [4.78, 5) is 30.2. The molecule has 2 aromatic heterocycles. The summed E-state index contributed by atoms with van der Waals surface area (Å²) < 4.78 is 1.79. The number of anilines is 3. The fourth-order valence-electron chi connectivity index (χ4n) is 3.54. The Morgan fingerprint density at radius 3 is 2.53 bits per heavy atom. The van der Waals surface area contributed by atoms with Gasteiger partial charge in [0.2, 0.25) is 11.8 Å². The number of amides is 2. The van der Waals surface area contributed by atoms with E-state index >= 15 is 0 Å². The number of carbonyl (C=O) groups excluding carboxylic acids is 2. The molecule has 1 aromatic carbocycles. The maximum absolute atomic E-state index is 12.8. The standard InChI is InChI=1S/C21H23N7O2/c1-15(29)23-17-5-2-6-18(12-17)24-21(30)16-4-3-10-27(13-16)19-7-8-20(26-25-19)28-11-9-22-14-28/h2,5-9,11-12,14,16H,3-4,10,13H2,1H3,(H,23,29)(H,24,30). The normalized spacial score (nSPS) is 16.2. The van der Waals surface area contributed by atoms with Gasteiger partial charge in [-0.1, -0.05) is 6.07 Å².